The van der Waals surface area contributed by atoms with Gasteiger partial charge in [-0.2, -0.15) is 0 Å². The number of carbonyl (C=O) groups is 2. The third-order valence-electron chi connectivity index (χ3n) is 4.76. The molecular weight excluding hydrogens is 358 g/mol. The Kier molecular flexibility index (Phi) is 4.34. The normalized spacial score (nSPS) is 16.8. The number of hydrogen-bond acceptors (Lipinski definition) is 4. The maximum atomic E-state index is 12.9. The molecule has 3 aromatic rings. The van der Waals surface area contributed by atoms with Gasteiger partial charge < -0.3 is 25.9 Å². The number of imidazole rings is 2. The molecule has 1 aliphatic rings. The topological polar surface area (TPSA) is 128 Å². The summed E-state index contributed by atoms with van der Waals surface area (Å²) in [7, 11) is 0. The molecule has 1 aliphatic heterocycles. The number of fused-ring (bicyclic) bond motifs is 1. The van der Waals surface area contributed by atoms with Crippen LogP contribution in [0.4, 0.5) is 4.79 Å². The zero-order valence-corrected chi connectivity index (χ0v) is 15.8. The van der Waals surface area contributed by atoms with Crippen molar-refractivity contribution in [3.05, 3.63) is 58.6 Å². The molecule has 4 rings (SSSR count). The summed E-state index contributed by atoms with van der Waals surface area (Å²) < 4.78 is 0. The first-order valence-corrected chi connectivity index (χ1v) is 8.94. The highest BCUT2D eigenvalue weighted by molar-refractivity contribution is 5.98. The van der Waals surface area contributed by atoms with Crippen molar-refractivity contribution in [3.63, 3.8) is 0 Å². The fraction of sp³-hybridized carbons (Fsp3) is 0.263. The average molecular weight is 379 g/mol. The molecule has 2 aromatic heterocycles. The van der Waals surface area contributed by atoms with Crippen LogP contribution >= 0.6 is 0 Å². The van der Waals surface area contributed by atoms with Gasteiger partial charge in [0.15, 0.2) is 0 Å². The molecule has 0 unspecified atom stereocenters. The minimum Gasteiger partial charge on any atom is -0.348 e. The van der Waals surface area contributed by atoms with Crippen LogP contribution in [0.5, 0.6) is 0 Å². The van der Waals surface area contributed by atoms with Gasteiger partial charge in [0.25, 0.3) is 5.91 Å². The van der Waals surface area contributed by atoms with Gasteiger partial charge >= 0.3 is 6.03 Å². The molecule has 3 heterocycles. The summed E-state index contributed by atoms with van der Waals surface area (Å²) in [5.74, 6) is 0.363. The predicted octanol–water partition coefficient (Wildman–Crippen LogP) is 1.85. The Morgan fingerprint density at radius 1 is 1.25 bits per heavy atom. The molecule has 0 saturated heterocycles. The molecule has 1 atom stereocenters. The third-order valence-corrected chi connectivity index (χ3v) is 4.76. The summed E-state index contributed by atoms with van der Waals surface area (Å²) in [6.45, 7) is 5.80. The fourth-order valence-electron chi connectivity index (χ4n) is 3.38. The van der Waals surface area contributed by atoms with Crippen molar-refractivity contribution in [2.24, 2.45) is 0 Å². The van der Waals surface area contributed by atoms with E-state index < -0.39 is 6.04 Å². The quantitative estimate of drug-likeness (QED) is 0.474. The second-order valence-corrected chi connectivity index (χ2v) is 6.87. The summed E-state index contributed by atoms with van der Waals surface area (Å²) in [5.41, 5.74) is 5.22. The third kappa shape index (κ3) is 3.22. The maximum absolute atomic E-state index is 12.9. The van der Waals surface area contributed by atoms with Crippen molar-refractivity contribution in [3.8, 4) is 0 Å². The van der Waals surface area contributed by atoms with Crippen LogP contribution in [0.25, 0.3) is 11.0 Å². The van der Waals surface area contributed by atoms with Crippen molar-refractivity contribution in [2.45, 2.75) is 33.4 Å². The van der Waals surface area contributed by atoms with Gasteiger partial charge in [-0.1, -0.05) is 6.07 Å². The molecule has 5 N–H and O–H groups in total. The Hall–Kier alpha value is -3.62. The molecule has 0 aliphatic carbocycles. The maximum Gasteiger partial charge on any atom is 0.319 e. The number of nitrogens with zero attached hydrogens (tertiary/aromatic N) is 2. The van der Waals surface area contributed by atoms with Gasteiger partial charge in [0.1, 0.15) is 11.9 Å². The lowest BCUT2D eigenvalue weighted by Gasteiger charge is -2.27. The molecule has 0 fully saturated rings. The lowest BCUT2D eigenvalue weighted by Crippen LogP contribution is -2.47. The fourth-order valence-corrected chi connectivity index (χ4v) is 3.38. The van der Waals surface area contributed by atoms with Crippen LogP contribution < -0.4 is 16.0 Å². The summed E-state index contributed by atoms with van der Waals surface area (Å²) in [6, 6.07) is 4.95. The highest BCUT2D eigenvalue weighted by Crippen LogP contribution is 2.27. The van der Waals surface area contributed by atoms with E-state index in [-0.39, 0.29) is 18.5 Å². The van der Waals surface area contributed by atoms with E-state index in [1.165, 1.54) is 0 Å². The van der Waals surface area contributed by atoms with E-state index in [1.807, 2.05) is 32.0 Å². The van der Waals surface area contributed by atoms with Crippen molar-refractivity contribution < 1.29 is 9.59 Å². The van der Waals surface area contributed by atoms with E-state index in [0.29, 0.717) is 22.8 Å². The van der Waals surface area contributed by atoms with Crippen LogP contribution in [-0.2, 0) is 11.3 Å². The first-order chi connectivity index (χ1) is 13.4. The van der Waals surface area contributed by atoms with E-state index >= 15 is 0 Å². The van der Waals surface area contributed by atoms with E-state index in [2.05, 4.69) is 35.9 Å². The number of allylic oxidation sites excluding steroid dienone is 1. The Morgan fingerprint density at radius 2 is 2.07 bits per heavy atom. The first-order valence-electron chi connectivity index (χ1n) is 8.94. The summed E-state index contributed by atoms with van der Waals surface area (Å²) in [5, 5.41) is 8.31. The van der Waals surface area contributed by atoms with E-state index in [4.69, 9.17) is 0 Å². The number of carbonyl (C=O) groups excluding carboxylic acids is 2. The molecule has 1 aromatic carbocycles. The van der Waals surface area contributed by atoms with Gasteiger partial charge in [-0.05, 0) is 38.5 Å². The smallest absolute Gasteiger partial charge is 0.319 e. The molecular formula is C19H21N7O2. The second-order valence-electron chi connectivity index (χ2n) is 6.87. The zero-order chi connectivity index (χ0) is 19.8. The number of H-pyrrole nitrogens is 2. The van der Waals surface area contributed by atoms with E-state index in [1.54, 1.807) is 13.3 Å². The lowest BCUT2D eigenvalue weighted by atomic mass is 9.98. The Balaban J connectivity index is 1.56. The standard InChI is InChI=1S/C19H21N7O2/c1-9-4-5-12-13(6-9)25-14(24-12)7-20-18(27)15-10(2)23-19(28)26-17(15)16-11(3)21-8-22-16/h4-6,8,17H,7H2,1-3H3,(H,20,27)(H,21,22)(H,24,25)(H2,23,26,28)/t17-/m0/s1. The van der Waals surface area contributed by atoms with Crippen molar-refractivity contribution in [2.75, 3.05) is 0 Å². The number of rotatable bonds is 4. The number of urea groups is 1. The SMILES string of the molecule is CC1=C(C(=O)NCc2nc3ccc(C)cc3[nH]2)[C@@H](c2nc[nH]c2C)NC(=O)N1. The van der Waals surface area contributed by atoms with Crippen LogP contribution in [0, 0.1) is 13.8 Å². The lowest BCUT2D eigenvalue weighted by molar-refractivity contribution is -0.118. The van der Waals surface area contributed by atoms with Crippen LogP contribution in [0.2, 0.25) is 0 Å². The Bertz CT molecular complexity index is 1110. The molecule has 9 nitrogen and oxygen atoms in total. The van der Waals surface area contributed by atoms with Crippen LogP contribution in [0.3, 0.4) is 0 Å². The minimum atomic E-state index is -0.627. The number of benzene rings is 1. The molecule has 3 amide bonds. The van der Waals surface area contributed by atoms with Gasteiger partial charge in [-0.25, -0.2) is 14.8 Å². The largest absolute Gasteiger partial charge is 0.348 e. The average Bonchev–Trinajstić information content (AvgIpc) is 3.24. The highest BCUT2D eigenvalue weighted by atomic mass is 16.2. The summed E-state index contributed by atoms with van der Waals surface area (Å²) in [6.07, 6.45) is 1.54. The van der Waals surface area contributed by atoms with Crippen LogP contribution in [0.15, 0.2) is 35.8 Å². The molecule has 0 saturated carbocycles. The molecule has 144 valence electrons. The molecule has 0 radical (unpaired) electrons. The number of aromatic nitrogens is 4. The number of aromatic amines is 2. The monoisotopic (exact) mass is 379 g/mol. The van der Waals surface area contributed by atoms with Gasteiger partial charge in [0.05, 0.1) is 35.2 Å². The van der Waals surface area contributed by atoms with Gasteiger partial charge in [-0.15, -0.1) is 0 Å². The minimum absolute atomic E-state index is 0.240. The van der Waals surface area contributed by atoms with Crippen molar-refractivity contribution in [1.29, 1.82) is 0 Å². The Labute approximate surface area is 161 Å². The van der Waals surface area contributed by atoms with Crippen LogP contribution in [-0.4, -0.2) is 31.9 Å². The first kappa shape index (κ1) is 17.8. The zero-order valence-electron chi connectivity index (χ0n) is 15.8. The van der Waals surface area contributed by atoms with E-state index in [0.717, 1.165) is 22.3 Å². The molecule has 0 spiro atoms. The van der Waals surface area contributed by atoms with Crippen molar-refractivity contribution in [1.82, 2.24) is 35.9 Å². The number of nitrogens with one attached hydrogen (secondary N) is 5. The van der Waals surface area contributed by atoms with Gasteiger partial charge in [-0.3, -0.25) is 4.79 Å². The molecule has 0 bridgehead atoms. The number of aryl methyl sites for hydroxylation is 2. The second kappa shape index (κ2) is 6.84. The molecule has 9 heteroatoms. The number of hydrogen-bond donors (Lipinski definition) is 5. The predicted molar refractivity (Wildman–Crippen MR) is 103 cm³/mol. The number of amides is 3. The highest BCUT2D eigenvalue weighted by Gasteiger charge is 2.33. The van der Waals surface area contributed by atoms with Crippen LogP contribution in [0.1, 0.15) is 35.7 Å². The Morgan fingerprint density at radius 3 is 2.82 bits per heavy atom. The van der Waals surface area contributed by atoms with Crippen molar-refractivity contribution >= 4 is 23.0 Å². The molecule has 28 heavy (non-hydrogen) atoms. The van der Waals surface area contributed by atoms with E-state index in [9.17, 15) is 9.59 Å². The summed E-state index contributed by atoms with van der Waals surface area (Å²) in [4.78, 5) is 39.8. The van der Waals surface area contributed by atoms with Gasteiger partial charge in [0.2, 0.25) is 0 Å². The van der Waals surface area contributed by atoms with Gasteiger partial charge in [0, 0.05) is 11.4 Å². The summed E-state index contributed by atoms with van der Waals surface area (Å²) >= 11 is 0.